The average molecular weight is 148 g/mol. The molecule has 0 bridgehead atoms. The summed E-state index contributed by atoms with van der Waals surface area (Å²) < 4.78 is 6.47. The quantitative estimate of drug-likeness (QED) is 0.510. The molecule has 0 rings (SSSR count). The molecule has 0 aliphatic carbocycles. The molecule has 0 heterocycles. The van der Waals surface area contributed by atoms with Crippen LogP contribution in [0.3, 0.4) is 0 Å². The molecule has 1 nitrogen and oxygen atoms in total. The molecule has 0 fully saturated rings. The summed E-state index contributed by atoms with van der Waals surface area (Å²) in [5.41, 5.74) is 0. The molecule has 0 radical (unpaired) electrons. The van der Waals surface area contributed by atoms with E-state index >= 15 is 0 Å². The first-order valence-corrected chi connectivity index (χ1v) is 5.32. The lowest BCUT2D eigenvalue weighted by Crippen LogP contribution is -1.36. The monoisotopic (exact) mass is 146 g/mol. The molecule has 0 saturated carbocycles. The SMILES string of the molecule is OCl.[Cl][Mg][Cl]. The van der Waals surface area contributed by atoms with Gasteiger partial charge in [0.25, 0.3) is 0 Å². The van der Waals surface area contributed by atoms with Gasteiger partial charge in [-0.25, -0.2) is 0 Å². The van der Waals surface area contributed by atoms with Crippen LogP contribution >= 0.6 is 30.0 Å². The largest absolute Gasteiger partial charge is 0.618 e. The molecule has 0 saturated heterocycles. The van der Waals surface area contributed by atoms with Crippen LogP contribution in [0.4, 0.5) is 0 Å². The Morgan fingerprint density at radius 1 is 1.20 bits per heavy atom. The van der Waals surface area contributed by atoms with Crippen molar-refractivity contribution in [3.8, 4) is 0 Å². The fraction of sp³-hybridized carbons (Fsp3) is 0. The topological polar surface area (TPSA) is 20.2 Å². The van der Waals surface area contributed by atoms with Gasteiger partial charge in [-0.15, -0.1) is 0 Å². The van der Waals surface area contributed by atoms with Crippen LogP contribution < -0.4 is 0 Å². The lowest BCUT2D eigenvalue weighted by atomic mass is 15.9. The van der Waals surface area contributed by atoms with E-state index in [9.17, 15) is 0 Å². The second kappa shape index (κ2) is 17.5. The zero-order valence-corrected chi connectivity index (χ0v) is 5.97. The number of rotatable bonds is 0. The van der Waals surface area contributed by atoms with Crippen molar-refractivity contribution in [1.82, 2.24) is 0 Å². The molecule has 0 aromatic heterocycles. The molecule has 5 heavy (non-hydrogen) atoms. The summed E-state index contributed by atoms with van der Waals surface area (Å²) in [4.78, 5) is 0. The number of halogens is 3. The first kappa shape index (κ1) is 9.78. The van der Waals surface area contributed by atoms with Crippen LogP contribution in [-0.2, 0) is 0 Å². The molecule has 30 valence electrons. The molecule has 0 aromatic carbocycles. The van der Waals surface area contributed by atoms with Gasteiger partial charge < -0.3 is 18.1 Å². The Hall–Kier alpha value is 1.60. The highest BCUT2D eigenvalue weighted by atomic mass is 35.6. The second-order valence-electron chi connectivity index (χ2n) is 0.101. The Morgan fingerprint density at radius 2 is 1.20 bits per heavy atom. The van der Waals surface area contributed by atoms with E-state index < -0.39 is 18.2 Å². The lowest BCUT2D eigenvalue weighted by Gasteiger charge is -1.33. The van der Waals surface area contributed by atoms with Crippen LogP contribution in [-0.4, -0.2) is 22.8 Å². The summed E-state index contributed by atoms with van der Waals surface area (Å²) in [5.74, 6) is 0. The summed E-state index contributed by atoms with van der Waals surface area (Å²) >= 11 is 3.00. The maximum Gasteiger partial charge on any atom is 0.618 e. The van der Waals surface area contributed by atoms with Crippen molar-refractivity contribution >= 4 is 48.2 Å². The second-order valence-corrected chi connectivity index (χ2v) is 2.73. The van der Waals surface area contributed by atoms with Crippen molar-refractivity contribution in [3.63, 3.8) is 0 Å². The van der Waals surface area contributed by atoms with E-state index in [1.165, 1.54) is 0 Å². The van der Waals surface area contributed by atoms with Crippen molar-refractivity contribution in [2.24, 2.45) is 0 Å². The Kier molecular flexibility index (Phi) is 34.3. The van der Waals surface area contributed by atoms with Crippen molar-refractivity contribution in [2.45, 2.75) is 0 Å². The van der Waals surface area contributed by atoms with Gasteiger partial charge in [0, 0.05) is 0 Å². The predicted octanol–water partition coefficient (Wildman–Crippen LogP) is 1.13. The minimum Gasteiger partial charge on any atom is -0.309 e. The van der Waals surface area contributed by atoms with Crippen molar-refractivity contribution < 1.29 is 4.66 Å². The fourth-order valence-electron chi connectivity index (χ4n) is 0. The van der Waals surface area contributed by atoms with Crippen LogP contribution in [0.15, 0.2) is 0 Å². The van der Waals surface area contributed by atoms with E-state index in [2.05, 4.69) is 11.9 Å². The molecule has 1 N–H and O–H groups in total. The van der Waals surface area contributed by atoms with Gasteiger partial charge in [0.15, 0.2) is 0 Å². The van der Waals surface area contributed by atoms with E-state index in [1.54, 1.807) is 0 Å². The molecule has 0 aliphatic rings. The molecular formula is HCl3MgO. The van der Waals surface area contributed by atoms with Crippen LogP contribution in [0, 0.1) is 0 Å². The number of hydrogen-bond acceptors (Lipinski definition) is 1. The highest BCUT2D eigenvalue weighted by molar-refractivity contribution is 7.22. The zero-order chi connectivity index (χ0) is 4.71. The van der Waals surface area contributed by atoms with Crippen LogP contribution in [0.25, 0.3) is 0 Å². The average Bonchev–Trinajstić information content (AvgIpc) is 1.46. The molecular weight excluding hydrogens is 147 g/mol. The van der Waals surface area contributed by atoms with E-state index in [4.69, 9.17) is 22.8 Å². The summed E-state index contributed by atoms with van der Waals surface area (Å²) in [6, 6.07) is 0. The van der Waals surface area contributed by atoms with Gasteiger partial charge in [-0.2, -0.15) is 0 Å². The van der Waals surface area contributed by atoms with Gasteiger partial charge in [0.2, 0.25) is 0 Å². The minimum atomic E-state index is -0.639. The Labute approximate surface area is 52.7 Å². The summed E-state index contributed by atoms with van der Waals surface area (Å²) in [6.45, 7) is 0. The van der Waals surface area contributed by atoms with E-state index in [-0.39, 0.29) is 0 Å². The highest BCUT2D eigenvalue weighted by Crippen LogP contribution is 1.67. The molecule has 0 amide bonds. The first-order chi connectivity index (χ1) is 2.41. The fourth-order valence-corrected chi connectivity index (χ4v) is 0. The first-order valence-electron chi connectivity index (χ1n) is 0.704. The van der Waals surface area contributed by atoms with Crippen LogP contribution in [0.2, 0.25) is 0 Å². The zero-order valence-electron chi connectivity index (χ0n) is 2.29. The van der Waals surface area contributed by atoms with Crippen molar-refractivity contribution in [3.05, 3.63) is 0 Å². The molecule has 5 heteroatoms. The predicted molar refractivity (Wildman–Crippen MR) is 25.5 cm³/mol. The van der Waals surface area contributed by atoms with Gasteiger partial charge in [-0.3, -0.25) is 4.66 Å². The Morgan fingerprint density at radius 3 is 1.20 bits per heavy atom. The highest BCUT2D eigenvalue weighted by Gasteiger charge is 1.64. The van der Waals surface area contributed by atoms with Crippen LogP contribution in [0.1, 0.15) is 0 Å². The normalized spacial score (nSPS) is 3.20. The van der Waals surface area contributed by atoms with E-state index in [1.807, 2.05) is 0 Å². The third-order valence-corrected chi connectivity index (χ3v) is 0. The smallest absolute Gasteiger partial charge is 0.309 e. The third kappa shape index (κ3) is 28.4. The molecule has 0 aromatic rings. The standard InChI is InChI=1S/ClHO.2ClH.Mg/c1-2;;;/h2H;2*1H;/q;;;+2/p-2. The van der Waals surface area contributed by atoms with E-state index in [0.717, 1.165) is 0 Å². The summed E-state index contributed by atoms with van der Waals surface area (Å²) in [6.07, 6.45) is 0. The maximum atomic E-state index is 6.47. The Bertz CT molecular complexity index is 6.85. The van der Waals surface area contributed by atoms with Gasteiger partial charge in [0.1, 0.15) is 0 Å². The lowest BCUT2D eigenvalue weighted by molar-refractivity contribution is 0.632. The van der Waals surface area contributed by atoms with Crippen LogP contribution in [0.5, 0.6) is 0 Å². The molecule has 0 atom stereocenters. The third-order valence-electron chi connectivity index (χ3n) is 0. The molecule has 0 unspecified atom stereocenters. The maximum absolute atomic E-state index is 6.47. The van der Waals surface area contributed by atoms with Gasteiger partial charge in [0.05, 0.1) is 11.9 Å². The number of hydrogen-bond donors (Lipinski definition) is 1. The van der Waals surface area contributed by atoms with E-state index in [0.29, 0.717) is 0 Å². The summed E-state index contributed by atoms with van der Waals surface area (Å²) in [5, 5.41) is 0. The molecule has 0 spiro atoms. The minimum absolute atomic E-state index is 0.639. The van der Waals surface area contributed by atoms with Gasteiger partial charge in [-0.05, 0) is 0 Å². The summed E-state index contributed by atoms with van der Waals surface area (Å²) in [7, 11) is 9.81. The van der Waals surface area contributed by atoms with Gasteiger partial charge >= 0.3 is 18.2 Å². The van der Waals surface area contributed by atoms with Gasteiger partial charge in [-0.1, -0.05) is 0 Å². The van der Waals surface area contributed by atoms with Crippen molar-refractivity contribution in [2.75, 3.05) is 0 Å². The molecule has 0 aliphatic heterocycles. The van der Waals surface area contributed by atoms with Crippen molar-refractivity contribution in [1.29, 1.82) is 0 Å². The Balaban J connectivity index is 0.